The van der Waals surface area contributed by atoms with Gasteiger partial charge in [0, 0.05) is 34.7 Å². The number of carbonyl (C=O) groups is 2. The number of carbonyl (C=O) groups excluding carboxylic acids is 2. The highest BCUT2D eigenvalue weighted by molar-refractivity contribution is 6.00. The standard InChI is InChI=1S/C23H24N4O6.3H2/c1-30-20-10-17(5-6-19(20)21-12-24-14-32-21)27-22(28)26-16-4-2-3-15(9-16)11-25-23(29)33-18-7-8-31-13-18;;;/h2-6,9-10,12,14,18H,7-8,11,13H2,1H3,(H,25,29)(H2,26,27,28);3*1H/t18-;;;/m0.../s1. The van der Waals surface area contributed by atoms with Crippen LogP contribution in [0.4, 0.5) is 21.0 Å². The molecule has 2 aromatic carbocycles. The summed E-state index contributed by atoms with van der Waals surface area (Å²) in [6, 6.07) is 11.9. The number of nitrogens with one attached hydrogen (secondary N) is 3. The third kappa shape index (κ3) is 6.01. The number of nitrogens with zero attached hydrogens (tertiary/aromatic N) is 1. The van der Waals surface area contributed by atoms with Crippen LogP contribution in [-0.2, 0) is 16.0 Å². The van der Waals surface area contributed by atoms with Crippen molar-refractivity contribution >= 4 is 23.5 Å². The normalized spacial score (nSPS) is 15.0. The highest BCUT2D eigenvalue weighted by Gasteiger charge is 2.19. The first-order chi connectivity index (χ1) is 16.1. The van der Waals surface area contributed by atoms with Gasteiger partial charge in [-0.25, -0.2) is 14.6 Å². The second-order valence-electron chi connectivity index (χ2n) is 7.30. The molecule has 1 atom stereocenters. The predicted molar refractivity (Wildman–Crippen MR) is 126 cm³/mol. The van der Waals surface area contributed by atoms with Gasteiger partial charge in [-0.05, 0) is 29.8 Å². The van der Waals surface area contributed by atoms with Crippen LogP contribution in [0.3, 0.4) is 0 Å². The Kier molecular flexibility index (Phi) is 7.06. The lowest BCUT2D eigenvalue weighted by molar-refractivity contribution is 0.0828. The first-order valence-electron chi connectivity index (χ1n) is 10.4. The van der Waals surface area contributed by atoms with Gasteiger partial charge >= 0.3 is 12.1 Å². The van der Waals surface area contributed by atoms with Crippen molar-refractivity contribution in [1.82, 2.24) is 10.3 Å². The molecule has 1 aliphatic heterocycles. The lowest BCUT2D eigenvalue weighted by atomic mass is 10.1. The zero-order valence-corrected chi connectivity index (χ0v) is 18.0. The number of hydrogen-bond donors (Lipinski definition) is 3. The molecular formula is C23H30N4O6. The lowest BCUT2D eigenvalue weighted by Gasteiger charge is -2.13. The quantitative estimate of drug-likeness (QED) is 0.467. The van der Waals surface area contributed by atoms with Crippen LogP contribution in [0.2, 0.25) is 0 Å². The van der Waals surface area contributed by atoms with E-state index in [4.69, 9.17) is 18.6 Å². The molecule has 1 aliphatic rings. The molecule has 0 bridgehead atoms. The Hall–Kier alpha value is -4.05. The Labute approximate surface area is 194 Å². The summed E-state index contributed by atoms with van der Waals surface area (Å²) in [4.78, 5) is 28.3. The van der Waals surface area contributed by atoms with Gasteiger partial charge in [0.25, 0.3) is 0 Å². The van der Waals surface area contributed by atoms with Crippen LogP contribution < -0.4 is 20.7 Å². The Morgan fingerprint density at radius 1 is 1.18 bits per heavy atom. The fourth-order valence-electron chi connectivity index (χ4n) is 3.35. The van der Waals surface area contributed by atoms with E-state index >= 15 is 0 Å². The molecule has 0 spiro atoms. The first kappa shape index (κ1) is 22.2. The number of alkyl carbamates (subject to hydrolysis) is 1. The Morgan fingerprint density at radius 3 is 2.76 bits per heavy atom. The summed E-state index contributed by atoms with van der Waals surface area (Å²) in [5.74, 6) is 1.10. The molecule has 0 saturated carbocycles. The molecule has 4 rings (SSSR count). The van der Waals surface area contributed by atoms with Gasteiger partial charge in [0.1, 0.15) is 11.9 Å². The van der Waals surface area contributed by atoms with Crippen molar-refractivity contribution in [3.8, 4) is 17.1 Å². The fraction of sp³-hybridized carbons (Fsp3) is 0.261. The molecule has 1 aromatic heterocycles. The predicted octanol–water partition coefficient (Wildman–Crippen LogP) is 4.75. The Morgan fingerprint density at radius 2 is 2.03 bits per heavy atom. The minimum Gasteiger partial charge on any atom is -0.496 e. The second-order valence-corrected chi connectivity index (χ2v) is 7.30. The van der Waals surface area contributed by atoms with Gasteiger partial charge in [0.2, 0.25) is 0 Å². The zero-order valence-electron chi connectivity index (χ0n) is 18.0. The van der Waals surface area contributed by atoms with Crippen LogP contribution in [0.1, 0.15) is 16.3 Å². The summed E-state index contributed by atoms with van der Waals surface area (Å²) in [7, 11) is 1.54. The summed E-state index contributed by atoms with van der Waals surface area (Å²) in [5.41, 5.74) is 2.66. The maximum atomic E-state index is 12.5. The van der Waals surface area contributed by atoms with Crippen LogP contribution in [0, 0.1) is 0 Å². The van der Waals surface area contributed by atoms with Crippen molar-refractivity contribution < 1.29 is 32.5 Å². The molecule has 3 amide bonds. The smallest absolute Gasteiger partial charge is 0.407 e. The average molecular weight is 459 g/mol. The Balaban J connectivity index is 0.00000216. The lowest BCUT2D eigenvalue weighted by Crippen LogP contribution is -2.28. The van der Waals surface area contributed by atoms with Gasteiger partial charge in [-0.2, -0.15) is 0 Å². The Bertz CT molecular complexity index is 1110. The number of amides is 3. The number of hydrogen-bond acceptors (Lipinski definition) is 7. The fourth-order valence-corrected chi connectivity index (χ4v) is 3.35. The SMILES string of the molecule is COc1cc(NC(=O)Nc2cccc(CNC(=O)O[C@H]3CCOC3)c2)ccc1-c1cnco1.[HH].[HH].[HH]. The maximum Gasteiger partial charge on any atom is 0.407 e. The van der Waals surface area contributed by atoms with Gasteiger partial charge < -0.3 is 34.6 Å². The molecule has 33 heavy (non-hydrogen) atoms. The minimum atomic E-state index is -0.496. The third-order valence-corrected chi connectivity index (χ3v) is 4.94. The van der Waals surface area contributed by atoms with E-state index in [-0.39, 0.29) is 16.9 Å². The van der Waals surface area contributed by atoms with E-state index in [1.165, 1.54) is 13.5 Å². The van der Waals surface area contributed by atoms with Crippen LogP contribution in [0.5, 0.6) is 5.75 Å². The van der Waals surface area contributed by atoms with E-state index in [0.29, 0.717) is 42.5 Å². The molecule has 3 aromatic rings. The van der Waals surface area contributed by atoms with Crippen molar-refractivity contribution in [3.05, 3.63) is 60.6 Å². The largest absolute Gasteiger partial charge is 0.496 e. The molecular weight excluding hydrogens is 428 g/mol. The monoisotopic (exact) mass is 458 g/mol. The maximum absolute atomic E-state index is 12.5. The average Bonchev–Trinajstić information content (AvgIpc) is 3.52. The molecule has 178 valence electrons. The number of aromatic nitrogens is 1. The highest BCUT2D eigenvalue weighted by Crippen LogP contribution is 2.32. The molecule has 2 heterocycles. The summed E-state index contributed by atoms with van der Waals surface area (Å²) >= 11 is 0. The number of ether oxygens (including phenoxy) is 3. The third-order valence-electron chi connectivity index (χ3n) is 4.94. The van der Waals surface area contributed by atoms with Crippen molar-refractivity contribution in [2.75, 3.05) is 31.0 Å². The topological polar surface area (TPSA) is 124 Å². The molecule has 3 N–H and O–H groups in total. The van der Waals surface area contributed by atoms with E-state index in [1.807, 2.05) is 6.07 Å². The number of urea groups is 1. The van der Waals surface area contributed by atoms with E-state index in [9.17, 15) is 9.59 Å². The van der Waals surface area contributed by atoms with Crippen LogP contribution in [-0.4, -0.2) is 43.5 Å². The van der Waals surface area contributed by atoms with Crippen molar-refractivity contribution in [2.45, 2.75) is 19.1 Å². The number of rotatable bonds is 7. The van der Waals surface area contributed by atoms with Gasteiger partial charge in [0.15, 0.2) is 12.2 Å². The van der Waals surface area contributed by atoms with E-state index in [2.05, 4.69) is 20.9 Å². The molecule has 10 heteroatoms. The molecule has 0 radical (unpaired) electrons. The van der Waals surface area contributed by atoms with Crippen molar-refractivity contribution in [1.29, 1.82) is 0 Å². The summed E-state index contributed by atoms with van der Waals surface area (Å²) in [5, 5.41) is 8.25. The van der Waals surface area contributed by atoms with Crippen LogP contribution in [0.25, 0.3) is 11.3 Å². The van der Waals surface area contributed by atoms with Gasteiger partial charge in [-0.15, -0.1) is 0 Å². The second kappa shape index (κ2) is 10.5. The van der Waals surface area contributed by atoms with E-state index in [1.54, 1.807) is 42.6 Å². The summed E-state index contributed by atoms with van der Waals surface area (Å²) in [6.45, 7) is 1.30. The number of methoxy groups -OCH3 is 1. The molecule has 0 aliphatic carbocycles. The van der Waals surface area contributed by atoms with Gasteiger partial charge in [-0.3, -0.25) is 0 Å². The van der Waals surface area contributed by atoms with E-state index < -0.39 is 12.1 Å². The van der Waals surface area contributed by atoms with E-state index in [0.717, 1.165) is 11.1 Å². The number of oxazole rings is 1. The molecule has 10 nitrogen and oxygen atoms in total. The van der Waals surface area contributed by atoms with Crippen molar-refractivity contribution in [3.63, 3.8) is 0 Å². The van der Waals surface area contributed by atoms with Crippen molar-refractivity contribution in [2.24, 2.45) is 0 Å². The highest BCUT2D eigenvalue weighted by atomic mass is 16.6. The molecule has 1 fully saturated rings. The molecule has 1 saturated heterocycles. The van der Waals surface area contributed by atoms with Gasteiger partial charge in [-0.1, -0.05) is 12.1 Å². The van der Waals surface area contributed by atoms with Crippen LogP contribution >= 0.6 is 0 Å². The number of anilines is 2. The number of benzene rings is 2. The molecule has 0 unspecified atom stereocenters. The van der Waals surface area contributed by atoms with Gasteiger partial charge in [0.05, 0.1) is 32.1 Å². The summed E-state index contributed by atoms with van der Waals surface area (Å²) in [6.07, 6.45) is 2.93. The zero-order chi connectivity index (χ0) is 23.0. The van der Waals surface area contributed by atoms with Crippen LogP contribution in [0.15, 0.2) is 59.5 Å². The first-order valence-corrected chi connectivity index (χ1v) is 10.4. The minimum absolute atomic E-state index is 0. The summed E-state index contributed by atoms with van der Waals surface area (Å²) < 4.78 is 21.2.